The minimum atomic E-state index is 0.242. The van der Waals surface area contributed by atoms with Crippen LogP contribution in [0, 0.1) is 5.92 Å². The predicted molar refractivity (Wildman–Crippen MR) is 37.2 cm³/mol. The average molecular weight is 124 g/mol. The molecule has 0 amide bonds. The lowest BCUT2D eigenvalue weighted by Gasteiger charge is -2.17. The van der Waals surface area contributed by atoms with Crippen LogP contribution in [0.1, 0.15) is 26.2 Å². The van der Waals surface area contributed by atoms with Crippen LogP contribution in [0.2, 0.25) is 0 Å². The van der Waals surface area contributed by atoms with E-state index in [0.29, 0.717) is 0 Å². The summed E-state index contributed by atoms with van der Waals surface area (Å²) < 4.78 is 0. The first-order valence-corrected chi connectivity index (χ1v) is 3.44. The van der Waals surface area contributed by atoms with Gasteiger partial charge in [-0.15, -0.1) is 0 Å². The molecule has 1 fully saturated rings. The van der Waals surface area contributed by atoms with Crippen LogP contribution in [0.3, 0.4) is 0 Å². The molecule has 0 radical (unpaired) electrons. The highest BCUT2D eigenvalue weighted by Gasteiger charge is 2.20. The van der Waals surface area contributed by atoms with Crippen molar-refractivity contribution >= 4 is 5.78 Å². The second-order valence-corrected chi connectivity index (χ2v) is 2.76. The van der Waals surface area contributed by atoms with Crippen molar-refractivity contribution in [3.05, 3.63) is 12.2 Å². The van der Waals surface area contributed by atoms with Gasteiger partial charge in [-0.1, -0.05) is 13.5 Å². The number of rotatable bonds is 0. The Morgan fingerprint density at radius 3 is 2.78 bits per heavy atom. The van der Waals surface area contributed by atoms with Gasteiger partial charge < -0.3 is 0 Å². The van der Waals surface area contributed by atoms with Crippen molar-refractivity contribution in [2.75, 3.05) is 0 Å². The van der Waals surface area contributed by atoms with Gasteiger partial charge >= 0.3 is 0 Å². The molecule has 9 heavy (non-hydrogen) atoms. The molecule has 0 aromatic carbocycles. The molecule has 1 atom stereocenters. The van der Waals surface area contributed by atoms with Gasteiger partial charge in [0.1, 0.15) is 0 Å². The number of allylic oxidation sites excluding steroid dienone is 1. The van der Waals surface area contributed by atoms with Crippen LogP contribution >= 0.6 is 0 Å². The van der Waals surface area contributed by atoms with Crippen LogP contribution in [0.15, 0.2) is 12.2 Å². The number of hydrogen-bond acceptors (Lipinski definition) is 1. The summed E-state index contributed by atoms with van der Waals surface area (Å²) in [5.41, 5.74) is 0.828. The third-order valence-electron chi connectivity index (χ3n) is 1.91. The highest BCUT2D eigenvalue weighted by atomic mass is 16.1. The first-order valence-electron chi connectivity index (χ1n) is 3.44. The van der Waals surface area contributed by atoms with Crippen molar-refractivity contribution in [2.24, 2.45) is 5.92 Å². The number of hydrogen-bond donors (Lipinski definition) is 0. The number of carbonyl (C=O) groups excluding carboxylic acids is 1. The van der Waals surface area contributed by atoms with Gasteiger partial charge in [-0.3, -0.25) is 4.79 Å². The van der Waals surface area contributed by atoms with Gasteiger partial charge in [-0.25, -0.2) is 0 Å². The van der Waals surface area contributed by atoms with Crippen molar-refractivity contribution in [3.8, 4) is 0 Å². The number of ketones is 1. The second kappa shape index (κ2) is 2.34. The van der Waals surface area contributed by atoms with E-state index in [1.807, 2.05) is 6.92 Å². The molecule has 0 heterocycles. The highest BCUT2D eigenvalue weighted by molar-refractivity contribution is 5.96. The molecule has 1 saturated carbocycles. The van der Waals surface area contributed by atoms with Crippen molar-refractivity contribution in [1.29, 1.82) is 0 Å². The molecule has 1 rings (SSSR count). The lowest BCUT2D eigenvalue weighted by molar-refractivity contribution is -0.119. The summed E-state index contributed by atoms with van der Waals surface area (Å²) in [5.74, 6) is 0.521. The molecular formula is C8H12O. The van der Waals surface area contributed by atoms with E-state index in [-0.39, 0.29) is 11.7 Å². The largest absolute Gasteiger partial charge is 0.294 e. The van der Waals surface area contributed by atoms with Gasteiger partial charge in [-0.05, 0) is 24.8 Å². The summed E-state index contributed by atoms with van der Waals surface area (Å²) in [4.78, 5) is 11.0. The molecule has 1 aliphatic rings. The summed E-state index contributed by atoms with van der Waals surface area (Å²) in [5, 5.41) is 0. The molecule has 0 spiro atoms. The fourth-order valence-electron chi connectivity index (χ4n) is 1.22. The second-order valence-electron chi connectivity index (χ2n) is 2.76. The standard InChI is InChI=1S/C8H12O/c1-6-4-3-5-7(2)8(6)9/h7H,1,3-5H2,2H3. The summed E-state index contributed by atoms with van der Waals surface area (Å²) in [6.45, 7) is 5.67. The zero-order valence-corrected chi connectivity index (χ0v) is 5.81. The molecule has 0 aromatic rings. The topological polar surface area (TPSA) is 17.1 Å². The quantitative estimate of drug-likeness (QED) is 0.451. The Hall–Kier alpha value is -0.590. The zero-order chi connectivity index (χ0) is 6.85. The van der Waals surface area contributed by atoms with Crippen LogP contribution in [0.25, 0.3) is 0 Å². The van der Waals surface area contributed by atoms with Gasteiger partial charge in [-0.2, -0.15) is 0 Å². The van der Waals surface area contributed by atoms with Crippen molar-refractivity contribution in [1.82, 2.24) is 0 Å². The highest BCUT2D eigenvalue weighted by Crippen LogP contribution is 2.22. The van der Waals surface area contributed by atoms with E-state index in [9.17, 15) is 4.79 Å². The SMILES string of the molecule is C=C1CCCC(C)C1=O. The molecule has 0 N–H and O–H groups in total. The van der Waals surface area contributed by atoms with E-state index in [1.165, 1.54) is 0 Å². The van der Waals surface area contributed by atoms with Crippen molar-refractivity contribution in [3.63, 3.8) is 0 Å². The van der Waals surface area contributed by atoms with Crippen LogP contribution < -0.4 is 0 Å². The van der Waals surface area contributed by atoms with E-state index in [2.05, 4.69) is 6.58 Å². The first-order chi connectivity index (χ1) is 4.22. The Morgan fingerprint density at radius 2 is 2.33 bits per heavy atom. The fourth-order valence-corrected chi connectivity index (χ4v) is 1.22. The third-order valence-corrected chi connectivity index (χ3v) is 1.91. The van der Waals surface area contributed by atoms with Crippen molar-refractivity contribution < 1.29 is 4.79 Å². The fraction of sp³-hybridized carbons (Fsp3) is 0.625. The molecule has 1 unspecified atom stereocenters. The Balaban J connectivity index is 2.62. The molecule has 50 valence electrons. The van der Waals surface area contributed by atoms with Gasteiger partial charge in [0.25, 0.3) is 0 Å². The van der Waals surface area contributed by atoms with Crippen LogP contribution in [0.5, 0.6) is 0 Å². The molecule has 1 nitrogen and oxygen atoms in total. The minimum Gasteiger partial charge on any atom is -0.294 e. The smallest absolute Gasteiger partial charge is 0.161 e. The van der Waals surface area contributed by atoms with Gasteiger partial charge in [0.15, 0.2) is 5.78 Å². The lowest BCUT2D eigenvalue weighted by Crippen LogP contribution is -2.17. The summed E-state index contributed by atoms with van der Waals surface area (Å²) in [6, 6.07) is 0. The van der Waals surface area contributed by atoms with E-state index >= 15 is 0 Å². The molecule has 0 saturated heterocycles. The zero-order valence-electron chi connectivity index (χ0n) is 5.81. The summed E-state index contributed by atoms with van der Waals surface area (Å²) in [6.07, 6.45) is 3.12. The number of carbonyl (C=O) groups is 1. The molecule has 0 aromatic heterocycles. The first kappa shape index (κ1) is 6.53. The summed E-state index contributed by atoms with van der Waals surface area (Å²) in [7, 11) is 0. The maximum absolute atomic E-state index is 11.0. The van der Waals surface area contributed by atoms with E-state index < -0.39 is 0 Å². The van der Waals surface area contributed by atoms with Crippen LogP contribution in [0.4, 0.5) is 0 Å². The minimum absolute atomic E-state index is 0.242. The Labute approximate surface area is 55.8 Å². The van der Waals surface area contributed by atoms with Crippen LogP contribution in [-0.2, 0) is 4.79 Å². The monoisotopic (exact) mass is 124 g/mol. The Morgan fingerprint density at radius 1 is 1.67 bits per heavy atom. The number of Topliss-reactive ketones (excluding diaryl/α,β-unsaturated/α-hetero) is 1. The third kappa shape index (κ3) is 1.21. The molecule has 1 aliphatic carbocycles. The van der Waals surface area contributed by atoms with Crippen molar-refractivity contribution in [2.45, 2.75) is 26.2 Å². The summed E-state index contributed by atoms with van der Waals surface area (Å²) >= 11 is 0. The van der Waals surface area contributed by atoms with Gasteiger partial charge in [0, 0.05) is 5.92 Å². The van der Waals surface area contributed by atoms with E-state index in [1.54, 1.807) is 0 Å². The normalized spacial score (nSPS) is 28.8. The average Bonchev–Trinajstić information content (AvgIpc) is 1.83. The maximum atomic E-state index is 11.0. The van der Waals surface area contributed by atoms with E-state index in [4.69, 9.17) is 0 Å². The molecular weight excluding hydrogens is 112 g/mol. The lowest BCUT2D eigenvalue weighted by atomic mass is 9.86. The maximum Gasteiger partial charge on any atom is 0.161 e. The van der Waals surface area contributed by atoms with E-state index in [0.717, 1.165) is 24.8 Å². The van der Waals surface area contributed by atoms with Crippen LogP contribution in [-0.4, -0.2) is 5.78 Å². The molecule has 0 aliphatic heterocycles. The molecule has 1 heteroatoms. The van der Waals surface area contributed by atoms with Gasteiger partial charge in [0.05, 0.1) is 0 Å². The molecule has 0 bridgehead atoms. The Kier molecular flexibility index (Phi) is 1.70. The predicted octanol–water partition coefficient (Wildman–Crippen LogP) is 1.93. The Bertz CT molecular complexity index is 147. The van der Waals surface area contributed by atoms with Gasteiger partial charge in [0.2, 0.25) is 0 Å².